The number of rotatable bonds is 8. The standard InChI is InChI=1S/C17H17FN2O6S2.C12H16N2O3S/c1-19(27(23,24)14-6-2-12(18)3-7-14)28(25,26)15-8-4-13(5-9-15)20-11-10-16(21)17(20)22;1-9-7-8-14(12(9)15)10-3-5-11(6-4-10)18(16,17)13-2/h2-9,16,21H,10-11H2,1H3;3-6,9,13H,7-8H2,1-2H3/t16-;9-/m10/s1. The Hall–Kier alpha value is -3.74. The van der Waals surface area contributed by atoms with E-state index in [0.717, 1.165) is 43.4 Å². The van der Waals surface area contributed by atoms with Gasteiger partial charge in [-0.05, 0) is 86.3 Å². The summed E-state index contributed by atoms with van der Waals surface area (Å²) in [4.78, 5) is 26.2. The van der Waals surface area contributed by atoms with Crippen molar-refractivity contribution >= 4 is 53.3 Å². The number of nitrogens with zero attached hydrogens (tertiary/aromatic N) is 3. The molecule has 46 heavy (non-hydrogen) atoms. The first-order valence-corrected chi connectivity index (χ1v) is 18.3. The van der Waals surface area contributed by atoms with Gasteiger partial charge in [0.15, 0.2) is 0 Å². The number of carbonyl (C=O) groups is 2. The van der Waals surface area contributed by atoms with E-state index in [9.17, 15) is 44.3 Å². The third kappa shape index (κ3) is 7.13. The Labute approximate surface area is 267 Å². The van der Waals surface area contributed by atoms with Crippen molar-refractivity contribution in [2.24, 2.45) is 5.92 Å². The number of carbonyl (C=O) groups excluding carboxylic acids is 2. The van der Waals surface area contributed by atoms with Crippen LogP contribution < -0.4 is 14.5 Å². The summed E-state index contributed by atoms with van der Waals surface area (Å²) in [5.41, 5.74) is 1.14. The molecular weight excluding hydrogens is 664 g/mol. The lowest BCUT2D eigenvalue weighted by atomic mass is 10.1. The van der Waals surface area contributed by atoms with Crippen molar-refractivity contribution in [1.82, 2.24) is 8.43 Å². The van der Waals surface area contributed by atoms with Crippen molar-refractivity contribution in [1.29, 1.82) is 0 Å². The van der Waals surface area contributed by atoms with Crippen molar-refractivity contribution in [2.75, 3.05) is 37.0 Å². The lowest BCUT2D eigenvalue weighted by Gasteiger charge is -2.19. The molecule has 0 aromatic heterocycles. The Morgan fingerprint density at radius 1 is 0.717 bits per heavy atom. The number of aliphatic hydroxyl groups excluding tert-OH is 1. The Balaban J connectivity index is 0.000000230. The molecule has 2 N–H and O–H groups in total. The molecule has 0 aliphatic carbocycles. The van der Waals surface area contributed by atoms with Crippen LogP contribution in [0.4, 0.5) is 15.8 Å². The molecule has 2 fully saturated rings. The third-order valence-electron chi connectivity index (χ3n) is 7.61. The average molecular weight is 697 g/mol. The highest BCUT2D eigenvalue weighted by atomic mass is 32.3. The smallest absolute Gasteiger partial charge is 0.256 e. The summed E-state index contributed by atoms with van der Waals surface area (Å²) >= 11 is 0. The summed E-state index contributed by atoms with van der Waals surface area (Å²) in [5.74, 6) is -0.988. The molecule has 3 aromatic carbocycles. The summed E-state index contributed by atoms with van der Waals surface area (Å²) in [5, 5.41) is 9.52. The maximum absolute atomic E-state index is 13.0. The molecule has 248 valence electrons. The van der Waals surface area contributed by atoms with Crippen LogP contribution in [0.1, 0.15) is 19.8 Å². The van der Waals surface area contributed by atoms with Crippen molar-refractivity contribution in [3.8, 4) is 0 Å². The zero-order valence-corrected chi connectivity index (χ0v) is 27.5. The molecule has 0 saturated carbocycles. The Bertz CT molecular complexity index is 1920. The quantitative estimate of drug-likeness (QED) is 0.356. The van der Waals surface area contributed by atoms with Gasteiger partial charge in [0.1, 0.15) is 11.9 Å². The molecule has 2 amide bonds. The molecule has 2 saturated heterocycles. The van der Waals surface area contributed by atoms with Gasteiger partial charge in [-0.1, -0.05) is 10.6 Å². The fourth-order valence-corrected chi connectivity index (χ4v) is 8.59. The zero-order chi connectivity index (χ0) is 34.0. The van der Waals surface area contributed by atoms with Crippen LogP contribution >= 0.6 is 0 Å². The number of amides is 2. The summed E-state index contributed by atoms with van der Waals surface area (Å²) in [6.07, 6.45) is 0.0304. The monoisotopic (exact) mass is 696 g/mol. The molecule has 13 nitrogen and oxygen atoms in total. The molecule has 2 aliphatic heterocycles. The second-order valence-electron chi connectivity index (χ2n) is 10.5. The number of sulfonamides is 3. The van der Waals surface area contributed by atoms with Crippen LogP contribution in [0, 0.1) is 11.7 Å². The van der Waals surface area contributed by atoms with E-state index >= 15 is 0 Å². The van der Waals surface area contributed by atoms with Gasteiger partial charge in [-0.25, -0.2) is 34.4 Å². The van der Waals surface area contributed by atoms with E-state index in [1.54, 1.807) is 17.0 Å². The van der Waals surface area contributed by atoms with E-state index < -0.39 is 47.9 Å². The van der Waals surface area contributed by atoms with Gasteiger partial charge < -0.3 is 14.9 Å². The number of hydrogen-bond donors (Lipinski definition) is 2. The van der Waals surface area contributed by atoms with Gasteiger partial charge in [-0.3, -0.25) is 9.59 Å². The second kappa shape index (κ2) is 13.5. The zero-order valence-electron chi connectivity index (χ0n) is 25.1. The maximum Gasteiger partial charge on any atom is 0.256 e. The maximum atomic E-state index is 13.0. The van der Waals surface area contributed by atoms with Crippen molar-refractivity contribution in [3.05, 3.63) is 78.6 Å². The van der Waals surface area contributed by atoms with Crippen LogP contribution in [0.15, 0.2) is 87.5 Å². The Morgan fingerprint density at radius 2 is 1.13 bits per heavy atom. The van der Waals surface area contributed by atoms with Crippen LogP contribution in [0.3, 0.4) is 0 Å². The Kier molecular flexibility index (Phi) is 10.3. The predicted molar refractivity (Wildman–Crippen MR) is 167 cm³/mol. The van der Waals surface area contributed by atoms with Crippen LogP contribution in [0.25, 0.3) is 0 Å². The minimum absolute atomic E-state index is 0.0470. The molecule has 2 atom stereocenters. The molecule has 17 heteroatoms. The number of aliphatic hydroxyl groups is 1. The van der Waals surface area contributed by atoms with E-state index in [0.29, 0.717) is 18.8 Å². The molecule has 0 spiro atoms. The predicted octanol–water partition coefficient (Wildman–Crippen LogP) is 1.90. The minimum Gasteiger partial charge on any atom is -0.383 e. The van der Waals surface area contributed by atoms with E-state index in [4.69, 9.17) is 0 Å². The highest BCUT2D eigenvalue weighted by Crippen LogP contribution is 2.28. The first-order chi connectivity index (χ1) is 21.5. The lowest BCUT2D eigenvalue weighted by Crippen LogP contribution is -2.33. The third-order valence-corrected chi connectivity index (χ3v) is 13.3. The number of nitrogens with one attached hydrogen (secondary N) is 1. The fraction of sp³-hybridized carbons (Fsp3) is 0.310. The number of anilines is 2. The van der Waals surface area contributed by atoms with Gasteiger partial charge in [0.25, 0.3) is 26.0 Å². The summed E-state index contributed by atoms with van der Waals surface area (Å²) in [6.45, 7) is 2.89. The highest BCUT2D eigenvalue weighted by Gasteiger charge is 2.34. The molecule has 5 rings (SSSR count). The van der Waals surface area contributed by atoms with Crippen LogP contribution in [-0.4, -0.2) is 79.2 Å². The van der Waals surface area contributed by atoms with Crippen LogP contribution in [0.2, 0.25) is 0 Å². The van der Waals surface area contributed by atoms with Gasteiger partial charge in [-0.2, -0.15) is 0 Å². The normalized spacial score (nSPS) is 19.0. The first kappa shape index (κ1) is 35.1. The summed E-state index contributed by atoms with van der Waals surface area (Å²) in [6, 6.07) is 15.2. The molecule has 2 aliphatic rings. The second-order valence-corrected chi connectivity index (χ2v) is 16.6. The molecular formula is C29H33FN4O9S3. The molecule has 2 heterocycles. The largest absolute Gasteiger partial charge is 0.383 e. The van der Waals surface area contributed by atoms with Crippen molar-refractivity contribution in [2.45, 2.75) is 40.6 Å². The number of benzene rings is 3. The van der Waals surface area contributed by atoms with Crippen LogP contribution in [-0.2, 0) is 39.7 Å². The first-order valence-electron chi connectivity index (χ1n) is 13.9. The van der Waals surface area contributed by atoms with E-state index in [-0.39, 0.29) is 36.6 Å². The topological polar surface area (TPSA) is 179 Å². The molecule has 0 bridgehead atoms. The summed E-state index contributed by atoms with van der Waals surface area (Å²) in [7, 11) is -10.00. The Morgan fingerprint density at radius 3 is 1.52 bits per heavy atom. The SMILES string of the molecule is CN(S(=O)(=O)c1ccc(F)cc1)S(=O)(=O)c1ccc(N2CC[C@@H](O)C2=O)cc1.CNS(=O)(=O)c1ccc(N2CC[C@H](C)C2=O)cc1. The van der Waals surface area contributed by atoms with Crippen molar-refractivity contribution in [3.63, 3.8) is 0 Å². The minimum atomic E-state index is -4.42. The lowest BCUT2D eigenvalue weighted by molar-refractivity contribution is -0.124. The van der Waals surface area contributed by atoms with E-state index in [1.165, 1.54) is 48.3 Å². The van der Waals surface area contributed by atoms with Gasteiger partial charge >= 0.3 is 0 Å². The van der Waals surface area contributed by atoms with Crippen LogP contribution in [0.5, 0.6) is 0 Å². The van der Waals surface area contributed by atoms with E-state index in [1.807, 2.05) is 6.92 Å². The van der Waals surface area contributed by atoms with Gasteiger partial charge in [0.2, 0.25) is 15.9 Å². The fourth-order valence-electron chi connectivity index (χ4n) is 4.75. The van der Waals surface area contributed by atoms with Crippen molar-refractivity contribution < 1.29 is 44.3 Å². The average Bonchev–Trinajstić information content (AvgIpc) is 3.56. The van der Waals surface area contributed by atoms with Gasteiger partial charge in [0, 0.05) is 43.9 Å². The number of hydrogen-bond acceptors (Lipinski definition) is 9. The molecule has 0 radical (unpaired) electrons. The van der Waals surface area contributed by atoms with Gasteiger partial charge in [-0.15, -0.1) is 0 Å². The van der Waals surface area contributed by atoms with Gasteiger partial charge in [0.05, 0.1) is 14.7 Å². The number of halogens is 1. The highest BCUT2D eigenvalue weighted by molar-refractivity contribution is 8.04. The van der Waals surface area contributed by atoms with E-state index in [2.05, 4.69) is 4.72 Å². The molecule has 0 unspecified atom stereocenters. The summed E-state index contributed by atoms with van der Waals surface area (Å²) < 4.78 is 89.2. The molecule has 3 aromatic rings.